The van der Waals surface area contributed by atoms with Crippen LogP contribution in [0, 0.1) is 5.92 Å². The molecule has 0 bridgehead atoms. The van der Waals surface area contributed by atoms with Crippen molar-refractivity contribution in [2.45, 2.75) is 78.6 Å². The summed E-state index contributed by atoms with van der Waals surface area (Å²) in [6, 6.07) is 8.02. The molecule has 1 fully saturated rings. The van der Waals surface area contributed by atoms with Crippen LogP contribution in [0.15, 0.2) is 24.3 Å². The van der Waals surface area contributed by atoms with E-state index in [1.165, 1.54) is 56.9 Å². The molecule has 2 nitrogen and oxygen atoms in total. The van der Waals surface area contributed by atoms with Crippen LogP contribution in [0.3, 0.4) is 0 Å². The molecule has 0 N–H and O–H groups in total. The molecule has 0 spiro atoms. The first kappa shape index (κ1) is 20.7. The van der Waals surface area contributed by atoms with Crippen LogP contribution in [0.5, 0.6) is 0 Å². The van der Waals surface area contributed by atoms with E-state index in [0.717, 1.165) is 18.5 Å². The minimum Gasteiger partial charge on any atom is -0.341 e. The number of aryl methyl sites for hydroxylation is 1. The zero-order chi connectivity index (χ0) is 17.8. The van der Waals surface area contributed by atoms with Crippen molar-refractivity contribution in [1.82, 2.24) is 4.90 Å². The van der Waals surface area contributed by atoms with Gasteiger partial charge >= 0.3 is 0 Å². The largest absolute Gasteiger partial charge is 0.341 e. The molecule has 1 aromatic rings. The van der Waals surface area contributed by atoms with Gasteiger partial charge in [-0.3, -0.25) is 4.79 Å². The molecule has 1 aliphatic rings. The highest BCUT2D eigenvalue weighted by molar-refractivity contribution is 5.94. The Balaban J connectivity index is 0.000000505. The van der Waals surface area contributed by atoms with E-state index in [1.807, 2.05) is 30.1 Å². The summed E-state index contributed by atoms with van der Waals surface area (Å²) in [6.45, 7) is 7.46. The summed E-state index contributed by atoms with van der Waals surface area (Å²) in [5, 5.41) is 0. The highest BCUT2D eigenvalue weighted by Crippen LogP contribution is 2.24. The van der Waals surface area contributed by atoms with E-state index in [2.05, 4.69) is 26.8 Å². The molecule has 136 valence electrons. The van der Waals surface area contributed by atoms with Crippen molar-refractivity contribution in [2.24, 2.45) is 5.92 Å². The molecule has 0 atom stereocenters. The van der Waals surface area contributed by atoms with Crippen molar-refractivity contribution >= 4 is 5.91 Å². The molecule has 1 saturated carbocycles. The summed E-state index contributed by atoms with van der Waals surface area (Å²) >= 11 is 0. The quantitative estimate of drug-likeness (QED) is 0.617. The van der Waals surface area contributed by atoms with Crippen LogP contribution < -0.4 is 0 Å². The van der Waals surface area contributed by atoms with Gasteiger partial charge in [-0.1, -0.05) is 71.4 Å². The van der Waals surface area contributed by atoms with E-state index in [-0.39, 0.29) is 5.91 Å². The average Bonchev–Trinajstić information content (AvgIpc) is 2.63. The van der Waals surface area contributed by atoms with Crippen molar-refractivity contribution in [3.63, 3.8) is 0 Å². The lowest BCUT2D eigenvalue weighted by molar-refractivity contribution is 0.0760. The Kier molecular flexibility index (Phi) is 10.5. The van der Waals surface area contributed by atoms with Crippen molar-refractivity contribution in [1.29, 1.82) is 0 Å². The van der Waals surface area contributed by atoms with Gasteiger partial charge in [0.05, 0.1) is 0 Å². The van der Waals surface area contributed by atoms with E-state index in [0.29, 0.717) is 5.92 Å². The second-order valence-corrected chi connectivity index (χ2v) is 7.10. The van der Waals surface area contributed by atoms with E-state index in [4.69, 9.17) is 0 Å². The number of carbonyl (C=O) groups is 1. The van der Waals surface area contributed by atoms with Crippen molar-refractivity contribution in [3.8, 4) is 0 Å². The van der Waals surface area contributed by atoms with Gasteiger partial charge in [-0.2, -0.15) is 0 Å². The highest BCUT2D eigenvalue weighted by Gasteiger charge is 2.19. The van der Waals surface area contributed by atoms with Gasteiger partial charge in [-0.15, -0.1) is 0 Å². The number of carbonyl (C=O) groups excluding carboxylic acids is 1. The van der Waals surface area contributed by atoms with Gasteiger partial charge in [0.1, 0.15) is 0 Å². The third-order valence-corrected chi connectivity index (χ3v) is 4.89. The maximum Gasteiger partial charge on any atom is 0.253 e. The van der Waals surface area contributed by atoms with Gasteiger partial charge < -0.3 is 4.90 Å². The fraction of sp³-hybridized carbons (Fsp3) is 0.682. The smallest absolute Gasteiger partial charge is 0.253 e. The summed E-state index contributed by atoms with van der Waals surface area (Å²) in [6.07, 6.45) is 11.7. The first-order valence-electron chi connectivity index (χ1n) is 9.96. The minimum atomic E-state index is 0.167. The summed E-state index contributed by atoms with van der Waals surface area (Å²) in [5.74, 6) is 0.873. The SMILES string of the molecule is CCCCC.CCc1cccc(C(=O)N(C)CC2CCCCC2)c1. The number of hydrogen-bond donors (Lipinski definition) is 0. The molecule has 0 heterocycles. The lowest BCUT2D eigenvalue weighted by atomic mass is 9.89. The highest BCUT2D eigenvalue weighted by atomic mass is 16.2. The van der Waals surface area contributed by atoms with Gasteiger partial charge in [0.2, 0.25) is 0 Å². The molecule has 0 unspecified atom stereocenters. The Bertz CT molecular complexity index is 461. The average molecular weight is 332 g/mol. The number of amides is 1. The lowest BCUT2D eigenvalue weighted by Crippen LogP contribution is -2.32. The van der Waals surface area contributed by atoms with Gasteiger partial charge in [0.25, 0.3) is 5.91 Å². The van der Waals surface area contributed by atoms with Crippen LogP contribution in [-0.4, -0.2) is 24.4 Å². The standard InChI is InChI=1S/C17H25NO.C5H12/c1-3-14-10-7-11-16(12-14)17(19)18(2)13-15-8-5-4-6-9-15;1-3-5-4-2/h7,10-12,15H,3-6,8-9,13H2,1-2H3;3-5H2,1-2H3. The zero-order valence-corrected chi connectivity index (χ0v) is 16.3. The molecule has 0 radical (unpaired) electrons. The summed E-state index contributed by atoms with van der Waals surface area (Å²) in [7, 11) is 1.94. The van der Waals surface area contributed by atoms with Crippen LogP contribution in [0.4, 0.5) is 0 Å². The van der Waals surface area contributed by atoms with E-state index < -0.39 is 0 Å². The molecule has 2 heteroatoms. The van der Waals surface area contributed by atoms with Crippen LogP contribution in [-0.2, 0) is 6.42 Å². The Labute approximate surface area is 149 Å². The summed E-state index contributed by atoms with van der Waals surface area (Å²) in [4.78, 5) is 14.3. The van der Waals surface area contributed by atoms with Gasteiger partial charge in [-0.05, 0) is 42.9 Å². The molecule has 0 saturated heterocycles. The van der Waals surface area contributed by atoms with Gasteiger partial charge in [-0.25, -0.2) is 0 Å². The topological polar surface area (TPSA) is 20.3 Å². The first-order valence-corrected chi connectivity index (χ1v) is 9.96. The van der Waals surface area contributed by atoms with Gasteiger partial charge in [0, 0.05) is 19.2 Å². The fourth-order valence-electron chi connectivity index (χ4n) is 3.34. The van der Waals surface area contributed by atoms with Crippen LogP contribution in [0.1, 0.15) is 88.1 Å². The Morgan fingerprint density at radius 3 is 2.29 bits per heavy atom. The number of rotatable bonds is 6. The van der Waals surface area contributed by atoms with Gasteiger partial charge in [0.15, 0.2) is 0 Å². The molecule has 1 aliphatic carbocycles. The molecular weight excluding hydrogens is 294 g/mol. The summed E-state index contributed by atoms with van der Waals surface area (Å²) < 4.78 is 0. The summed E-state index contributed by atoms with van der Waals surface area (Å²) in [5.41, 5.74) is 2.06. The predicted molar refractivity (Wildman–Crippen MR) is 105 cm³/mol. The molecule has 1 aromatic carbocycles. The maximum atomic E-state index is 12.4. The second kappa shape index (κ2) is 12.1. The fourth-order valence-corrected chi connectivity index (χ4v) is 3.34. The van der Waals surface area contributed by atoms with Crippen molar-refractivity contribution in [2.75, 3.05) is 13.6 Å². The Morgan fingerprint density at radius 2 is 1.75 bits per heavy atom. The van der Waals surface area contributed by atoms with Crippen LogP contribution in [0.25, 0.3) is 0 Å². The predicted octanol–water partition coefficient (Wildman–Crippen LogP) is 6.10. The number of benzene rings is 1. The molecule has 24 heavy (non-hydrogen) atoms. The van der Waals surface area contributed by atoms with E-state index in [9.17, 15) is 4.79 Å². The molecule has 2 rings (SSSR count). The van der Waals surface area contributed by atoms with Crippen molar-refractivity contribution in [3.05, 3.63) is 35.4 Å². The lowest BCUT2D eigenvalue weighted by Gasteiger charge is -2.27. The molecular formula is C22H37NO. The van der Waals surface area contributed by atoms with E-state index >= 15 is 0 Å². The number of unbranched alkanes of at least 4 members (excludes halogenated alkanes) is 2. The second-order valence-electron chi connectivity index (χ2n) is 7.10. The van der Waals surface area contributed by atoms with E-state index in [1.54, 1.807) is 0 Å². The number of hydrogen-bond acceptors (Lipinski definition) is 1. The normalized spacial score (nSPS) is 14.7. The first-order chi connectivity index (χ1) is 11.6. The Hall–Kier alpha value is -1.31. The molecule has 0 aliphatic heterocycles. The maximum absolute atomic E-state index is 12.4. The van der Waals surface area contributed by atoms with Crippen LogP contribution in [0.2, 0.25) is 0 Å². The molecule has 0 aromatic heterocycles. The van der Waals surface area contributed by atoms with Crippen molar-refractivity contribution < 1.29 is 4.79 Å². The third kappa shape index (κ3) is 7.51. The minimum absolute atomic E-state index is 0.167. The monoisotopic (exact) mass is 331 g/mol. The Morgan fingerprint density at radius 1 is 1.08 bits per heavy atom. The third-order valence-electron chi connectivity index (χ3n) is 4.89. The van der Waals surface area contributed by atoms with Crippen LogP contribution >= 0.6 is 0 Å². The zero-order valence-electron chi connectivity index (χ0n) is 16.3. The molecule has 1 amide bonds. The number of nitrogens with zero attached hydrogens (tertiary/aromatic N) is 1.